The van der Waals surface area contributed by atoms with E-state index in [4.69, 9.17) is 0 Å². The maximum absolute atomic E-state index is 12.6. The highest BCUT2D eigenvalue weighted by Gasteiger charge is 2.30. The molecule has 0 unspecified atom stereocenters. The van der Waals surface area contributed by atoms with Crippen LogP contribution in [0.5, 0.6) is 0 Å². The van der Waals surface area contributed by atoms with Gasteiger partial charge < -0.3 is 10.2 Å². The molecule has 2 rings (SSSR count). The molecule has 8 heteroatoms. The summed E-state index contributed by atoms with van der Waals surface area (Å²) in [5.41, 5.74) is 0. The molecule has 0 spiro atoms. The van der Waals surface area contributed by atoms with E-state index >= 15 is 0 Å². The molecule has 0 saturated carbocycles. The lowest BCUT2D eigenvalue weighted by molar-refractivity contribution is 0.0967. The second-order valence-corrected chi connectivity index (χ2v) is 7.98. The Labute approximate surface area is 123 Å². The van der Waals surface area contributed by atoms with Crippen LogP contribution in [0, 0.1) is 6.92 Å². The van der Waals surface area contributed by atoms with Gasteiger partial charge in [-0.3, -0.25) is 4.79 Å². The van der Waals surface area contributed by atoms with E-state index in [0.717, 1.165) is 13.1 Å². The molecule has 0 radical (unpaired) electrons. The Kier molecular flexibility index (Phi) is 4.48. The van der Waals surface area contributed by atoms with Crippen molar-refractivity contribution in [2.24, 2.45) is 0 Å². The van der Waals surface area contributed by atoms with Crippen LogP contribution in [-0.2, 0) is 10.0 Å². The number of carbonyl (C=O) groups is 1. The highest BCUT2D eigenvalue weighted by molar-refractivity contribution is 7.89. The lowest BCUT2D eigenvalue weighted by Crippen LogP contribution is -2.47. The van der Waals surface area contributed by atoms with Gasteiger partial charge in [0.1, 0.15) is 0 Å². The highest BCUT2D eigenvalue weighted by Crippen LogP contribution is 2.28. The fraction of sp³-hybridized carbons (Fsp3) is 0.583. The smallest absolute Gasteiger partial charge is 0.261 e. The largest absolute Gasteiger partial charge is 0.354 e. The van der Waals surface area contributed by atoms with E-state index in [1.54, 1.807) is 6.92 Å². The number of aryl methyl sites for hydroxylation is 1. The lowest BCUT2D eigenvalue weighted by atomic mass is 10.4. The van der Waals surface area contributed by atoms with Gasteiger partial charge >= 0.3 is 0 Å². The van der Waals surface area contributed by atoms with Crippen molar-refractivity contribution in [3.8, 4) is 0 Å². The summed E-state index contributed by atoms with van der Waals surface area (Å²) in [6.45, 7) is 4.17. The second-order valence-electron chi connectivity index (χ2n) is 4.82. The summed E-state index contributed by atoms with van der Waals surface area (Å²) in [6.07, 6.45) is 0. The Hall–Kier alpha value is -0.960. The molecule has 1 N–H and O–H groups in total. The molecular formula is C12H19N3O3S2. The molecule has 1 aromatic rings. The van der Waals surface area contributed by atoms with Crippen molar-refractivity contribution in [1.82, 2.24) is 14.5 Å². The third kappa shape index (κ3) is 2.88. The molecule has 1 fully saturated rings. The number of amides is 1. The van der Waals surface area contributed by atoms with Gasteiger partial charge in [-0.1, -0.05) is 0 Å². The molecule has 112 valence electrons. The summed E-state index contributed by atoms with van der Waals surface area (Å²) < 4.78 is 26.7. The summed E-state index contributed by atoms with van der Waals surface area (Å²) in [7, 11) is 0.00949. The molecule has 0 aromatic carbocycles. The molecule has 1 aliphatic rings. The summed E-state index contributed by atoms with van der Waals surface area (Å²) in [4.78, 5) is 15.0. The van der Waals surface area contributed by atoms with Crippen molar-refractivity contribution in [2.45, 2.75) is 11.8 Å². The maximum atomic E-state index is 12.6. The van der Waals surface area contributed by atoms with Crippen LogP contribution in [0.4, 0.5) is 0 Å². The van der Waals surface area contributed by atoms with E-state index in [2.05, 4.69) is 10.2 Å². The number of carbonyl (C=O) groups excluding carboxylic acids is 1. The molecular weight excluding hydrogens is 298 g/mol. The summed E-state index contributed by atoms with van der Waals surface area (Å²) in [5, 5.41) is 2.51. The van der Waals surface area contributed by atoms with Gasteiger partial charge in [0, 0.05) is 38.1 Å². The fourth-order valence-electron chi connectivity index (χ4n) is 2.12. The highest BCUT2D eigenvalue weighted by atomic mass is 32.2. The van der Waals surface area contributed by atoms with Gasteiger partial charge in [-0.15, -0.1) is 11.3 Å². The zero-order valence-corrected chi connectivity index (χ0v) is 13.5. The number of thiophene rings is 1. The number of hydrogen-bond acceptors (Lipinski definition) is 5. The second kappa shape index (κ2) is 5.80. The average molecular weight is 317 g/mol. The normalized spacial score (nSPS) is 18.1. The molecule has 1 aliphatic heterocycles. The van der Waals surface area contributed by atoms with Crippen molar-refractivity contribution >= 4 is 27.3 Å². The minimum Gasteiger partial charge on any atom is -0.354 e. The number of likely N-dealkylation sites (N-methyl/N-ethyl adjacent to an activating group) is 1. The topological polar surface area (TPSA) is 69.7 Å². The van der Waals surface area contributed by atoms with Crippen molar-refractivity contribution < 1.29 is 13.2 Å². The van der Waals surface area contributed by atoms with Crippen LogP contribution in [0.15, 0.2) is 11.0 Å². The van der Waals surface area contributed by atoms with Gasteiger partial charge in [-0.25, -0.2) is 8.42 Å². The van der Waals surface area contributed by atoms with E-state index in [-0.39, 0.29) is 10.8 Å². The first kappa shape index (κ1) is 15.4. The molecule has 20 heavy (non-hydrogen) atoms. The Morgan fingerprint density at radius 1 is 1.30 bits per heavy atom. The Balaban J connectivity index is 2.30. The first-order valence-electron chi connectivity index (χ1n) is 6.37. The van der Waals surface area contributed by atoms with Gasteiger partial charge in [0.25, 0.3) is 5.91 Å². The third-order valence-corrected chi connectivity index (χ3v) is 6.61. The third-order valence-electron chi connectivity index (χ3n) is 3.40. The van der Waals surface area contributed by atoms with E-state index in [1.807, 2.05) is 7.05 Å². The minimum absolute atomic E-state index is 0.252. The zero-order valence-electron chi connectivity index (χ0n) is 11.8. The average Bonchev–Trinajstić information content (AvgIpc) is 2.81. The standard InChI is InChI=1S/C12H19N3O3S2/c1-9-11(8-10(19-9)12(16)13-2)20(17,18)15-6-4-14(3)5-7-15/h8H,4-7H2,1-3H3,(H,13,16). The zero-order chi connectivity index (χ0) is 14.9. The predicted molar refractivity (Wildman–Crippen MR) is 78.7 cm³/mol. The van der Waals surface area contributed by atoms with Gasteiger partial charge in [0.05, 0.1) is 9.77 Å². The Morgan fingerprint density at radius 2 is 1.90 bits per heavy atom. The first-order chi connectivity index (χ1) is 9.36. The Morgan fingerprint density at radius 3 is 2.45 bits per heavy atom. The van der Waals surface area contributed by atoms with E-state index in [0.29, 0.717) is 22.8 Å². The van der Waals surface area contributed by atoms with Crippen molar-refractivity contribution in [1.29, 1.82) is 0 Å². The van der Waals surface area contributed by atoms with Crippen LogP contribution < -0.4 is 5.32 Å². The monoisotopic (exact) mass is 317 g/mol. The van der Waals surface area contributed by atoms with E-state index < -0.39 is 10.0 Å². The van der Waals surface area contributed by atoms with Gasteiger partial charge in [-0.2, -0.15) is 4.31 Å². The van der Waals surface area contributed by atoms with Crippen LogP contribution >= 0.6 is 11.3 Å². The van der Waals surface area contributed by atoms with Crippen molar-refractivity contribution in [3.05, 3.63) is 15.8 Å². The van der Waals surface area contributed by atoms with Crippen LogP contribution in [0.2, 0.25) is 0 Å². The van der Waals surface area contributed by atoms with Gasteiger partial charge in [0.2, 0.25) is 10.0 Å². The molecule has 1 saturated heterocycles. The number of rotatable bonds is 3. The first-order valence-corrected chi connectivity index (χ1v) is 8.63. The molecule has 0 aliphatic carbocycles. The molecule has 0 bridgehead atoms. The number of nitrogens with zero attached hydrogens (tertiary/aromatic N) is 2. The predicted octanol–water partition coefficient (Wildman–Crippen LogP) is 0.352. The Bertz CT molecular complexity index is 601. The van der Waals surface area contributed by atoms with E-state index in [9.17, 15) is 13.2 Å². The fourth-order valence-corrected chi connectivity index (χ4v) is 5.05. The molecule has 6 nitrogen and oxygen atoms in total. The summed E-state index contributed by atoms with van der Waals surface area (Å²) in [5.74, 6) is -0.252. The quantitative estimate of drug-likeness (QED) is 0.873. The van der Waals surface area contributed by atoms with Crippen LogP contribution in [0.25, 0.3) is 0 Å². The van der Waals surface area contributed by atoms with Gasteiger partial charge in [-0.05, 0) is 20.0 Å². The minimum atomic E-state index is -3.50. The van der Waals surface area contributed by atoms with Crippen molar-refractivity contribution in [3.63, 3.8) is 0 Å². The molecule has 1 aromatic heterocycles. The van der Waals surface area contributed by atoms with Crippen LogP contribution in [0.3, 0.4) is 0 Å². The number of piperazine rings is 1. The molecule has 2 heterocycles. The van der Waals surface area contributed by atoms with Crippen LogP contribution in [-0.4, -0.2) is 63.8 Å². The summed E-state index contributed by atoms with van der Waals surface area (Å²) >= 11 is 1.21. The van der Waals surface area contributed by atoms with Crippen molar-refractivity contribution in [2.75, 3.05) is 40.3 Å². The number of nitrogens with one attached hydrogen (secondary N) is 1. The SMILES string of the molecule is CNC(=O)c1cc(S(=O)(=O)N2CCN(C)CC2)c(C)s1. The van der Waals surface area contributed by atoms with Gasteiger partial charge in [0.15, 0.2) is 0 Å². The van der Waals surface area contributed by atoms with Crippen LogP contribution in [0.1, 0.15) is 14.5 Å². The molecule has 1 amide bonds. The maximum Gasteiger partial charge on any atom is 0.261 e. The number of hydrogen-bond donors (Lipinski definition) is 1. The molecule has 0 atom stereocenters. The van der Waals surface area contributed by atoms with E-state index in [1.165, 1.54) is 28.8 Å². The lowest BCUT2D eigenvalue weighted by Gasteiger charge is -2.31. The summed E-state index contributed by atoms with van der Waals surface area (Å²) in [6, 6.07) is 1.48. The number of sulfonamides is 1.